The number of carboxylic acid groups (broad SMARTS) is 1. The number of aliphatic hydroxyl groups excluding tert-OH is 3. The normalized spacial score (nSPS) is 25.9. The van der Waals surface area contributed by atoms with Crippen molar-refractivity contribution in [3.05, 3.63) is 24.3 Å². The molecular formula is C20H34O6. The van der Waals surface area contributed by atoms with E-state index in [1.54, 1.807) is 0 Å². The summed E-state index contributed by atoms with van der Waals surface area (Å²) in [5.74, 6) is -0.804. The molecule has 0 radical (unpaired) electrons. The predicted molar refractivity (Wildman–Crippen MR) is 99.8 cm³/mol. The molecule has 0 aromatic carbocycles. The van der Waals surface area contributed by atoms with Crippen LogP contribution >= 0.6 is 0 Å². The fraction of sp³-hybridized carbons (Fsp3) is 0.750. The Morgan fingerprint density at radius 2 is 1.96 bits per heavy atom. The van der Waals surface area contributed by atoms with Gasteiger partial charge in [-0.15, -0.1) is 0 Å². The lowest BCUT2D eigenvalue weighted by molar-refractivity contribution is -0.137. The molecule has 1 saturated heterocycles. The first-order chi connectivity index (χ1) is 12.4. The smallest absolute Gasteiger partial charge is 0.303 e. The van der Waals surface area contributed by atoms with Gasteiger partial charge in [0, 0.05) is 12.8 Å². The molecule has 0 bridgehead atoms. The number of allylic oxidation sites excluding steroid dienone is 1. The minimum atomic E-state index is -0.852. The Kier molecular flexibility index (Phi) is 11.4. The van der Waals surface area contributed by atoms with Crippen LogP contribution in [-0.2, 0) is 9.53 Å². The fourth-order valence-electron chi connectivity index (χ4n) is 3.01. The topological polar surface area (TPSA) is 107 Å². The van der Waals surface area contributed by atoms with Crippen LogP contribution < -0.4 is 0 Å². The molecule has 0 saturated carbocycles. The second-order valence-electron chi connectivity index (χ2n) is 6.95. The minimum Gasteiger partial charge on any atom is -0.481 e. The standard InChI is InChI=1S/C20H34O6/c1-2-3-6-10-18-17(23)14-19(26-18)16(22)13-12-15(21)9-7-4-5-8-11-20(24)25/h4,7,12-13,15-19,21-23H,2-3,5-6,8-11,14H2,1H3,(H,24,25)/b7-4-,13-12-/t15-,16+,17+,18-,19-/m1/s1. The molecule has 0 unspecified atom stereocenters. The summed E-state index contributed by atoms with van der Waals surface area (Å²) in [6.07, 6.45) is 10.2. The summed E-state index contributed by atoms with van der Waals surface area (Å²) in [6.45, 7) is 2.12. The van der Waals surface area contributed by atoms with Crippen LogP contribution in [0.5, 0.6) is 0 Å². The number of aliphatic hydroxyl groups is 3. The number of ether oxygens (including phenoxy) is 1. The number of carbonyl (C=O) groups is 1. The Morgan fingerprint density at radius 1 is 1.19 bits per heavy atom. The number of unbranched alkanes of at least 4 members (excludes halogenated alkanes) is 3. The van der Waals surface area contributed by atoms with E-state index in [9.17, 15) is 20.1 Å². The zero-order chi connectivity index (χ0) is 19.4. The summed E-state index contributed by atoms with van der Waals surface area (Å²) in [5, 5.41) is 38.7. The second-order valence-corrected chi connectivity index (χ2v) is 6.95. The molecule has 1 fully saturated rings. The molecule has 0 aliphatic carbocycles. The Hall–Kier alpha value is -1.21. The largest absolute Gasteiger partial charge is 0.481 e. The summed E-state index contributed by atoms with van der Waals surface area (Å²) in [7, 11) is 0. The molecule has 6 heteroatoms. The van der Waals surface area contributed by atoms with E-state index >= 15 is 0 Å². The second kappa shape index (κ2) is 13.0. The molecule has 1 aliphatic rings. The van der Waals surface area contributed by atoms with Gasteiger partial charge in [-0.3, -0.25) is 4.79 Å². The van der Waals surface area contributed by atoms with Gasteiger partial charge in [-0.1, -0.05) is 50.5 Å². The zero-order valence-corrected chi connectivity index (χ0v) is 15.7. The van der Waals surface area contributed by atoms with Gasteiger partial charge in [-0.2, -0.15) is 0 Å². The monoisotopic (exact) mass is 370 g/mol. The lowest BCUT2D eigenvalue weighted by Crippen LogP contribution is -2.25. The van der Waals surface area contributed by atoms with E-state index in [0.717, 1.165) is 25.7 Å². The fourth-order valence-corrected chi connectivity index (χ4v) is 3.01. The Balaban J connectivity index is 2.27. The molecule has 5 atom stereocenters. The lowest BCUT2D eigenvalue weighted by Gasteiger charge is -2.17. The number of carboxylic acids is 1. The maximum Gasteiger partial charge on any atom is 0.303 e. The summed E-state index contributed by atoms with van der Waals surface area (Å²) in [4.78, 5) is 10.4. The van der Waals surface area contributed by atoms with Crippen molar-refractivity contribution < 1.29 is 30.0 Å². The molecule has 0 aromatic heterocycles. The summed E-state index contributed by atoms with van der Waals surface area (Å²) >= 11 is 0. The van der Waals surface area contributed by atoms with Crippen LogP contribution in [0.2, 0.25) is 0 Å². The molecular weight excluding hydrogens is 336 g/mol. The van der Waals surface area contributed by atoms with Crippen LogP contribution in [0.3, 0.4) is 0 Å². The van der Waals surface area contributed by atoms with Gasteiger partial charge in [0.1, 0.15) is 0 Å². The number of hydrogen-bond donors (Lipinski definition) is 4. The molecule has 6 nitrogen and oxygen atoms in total. The van der Waals surface area contributed by atoms with Gasteiger partial charge in [0.05, 0.1) is 30.5 Å². The van der Waals surface area contributed by atoms with E-state index < -0.39 is 30.4 Å². The first-order valence-electron chi connectivity index (χ1n) is 9.68. The van der Waals surface area contributed by atoms with E-state index in [2.05, 4.69) is 6.92 Å². The molecule has 1 heterocycles. The zero-order valence-electron chi connectivity index (χ0n) is 15.7. The third-order valence-electron chi connectivity index (χ3n) is 4.56. The average molecular weight is 370 g/mol. The highest BCUT2D eigenvalue weighted by Gasteiger charge is 2.36. The van der Waals surface area contributed by atoms with Crippen molar-refractivity contribution >= 4 is 5.97 Å². The van der Waals surface area contributed by atoms with Crippen molar-refractivity contribution in [2.24, 2.45) is 0 Å². The molecule has 150 valence electrons. The van der Waals surface area contributed by atoms with Crippen molar-refractivity contribution in [1.82, 2.24) is 0 Å². The van der Waals surface area contributed by atoms with E-state index in [-0.39, 0.29) is 12.5 Å². The van der Waals surface area contributed by atoms with Crippen molar-refractivity contribution in [3.8, 4) is 0 Å². The molecule has 1 rings (SSSR count). The molecule has 4 N–H and O–H groups in total. The molecule has 1 aliphatic heterocycles. The van der Waals surface area contributed by atoms with Gasteiger partial charge in [-0.05, 0) is 25.7 Å². The van der Waals surface area contributed by atoms with Crippen LogP contribution in [-0.4, -0.2) is 56.9 Å². The predicted octanol–water partition coefficient (Wildman–Crippen LogP) is 2.56. The van der Waals surface area contributed by atoms with E-state index in [4.69, 9.17) is 9.84 Å². The highest BCUT2D eigenvalue weighted by Crippen LogP contribution is 2.27. The highest BCUT2D eigenvalue weighted by molar-refractivity contribution is 5.66. The van der Waals surface area contributed by atoms with Gasteiger partial charge in [0.25, 0.3) is 0 Å². The molecule has 0 spiro atoms. The molecule has 0 aromatic rings. The highest BCUT2D eigenvalue weighted by atomic mass is 16.5. The van der Waals surface area contributed by atoms with Gasteiger partial charge >= 0.3 is 5.97 Å². The number of rotatable bonds is 13. The van der Waals surface area contributed by atoms with Crippen molar-refractivity contribution in [3.63, 3.8) is 0 Å². The minimum absolute atomic E-state index is 0.145. The van der Waals surface area contributed by atoms with Crippen molar-refractivity contribution in [2.75, 3.05) is 0 Å². The Bertz CT molecular complexity index is 448. The Labute approximate surface area is 156 Å². The quantitative estimate of drug-likeness (QED) is 0.293. The van der Waals surface area contributed by atoms with Gasteiger partial charge < -0.3 is 25.2 Å². The molecule has 26 heavy (non-hydrogen) atoms. The van der Waals surface area contributed by atoms with Crippen LogP contribution in [0.1, 0.15) is 64.7 Å². The maximum absolute atomic E-state index is 10.4. The van der Waals surface area contributed by atoms with E-state index in [1.807, 2.05) is 12.2 Å². The van der Waals surface area contributed by atoms with Crippen molar-refractivity contribution in [2.45, 2.75) is 95.2 Å². The van der Waals surface area contributed by atoms with Crippen molar-refractivity contribution in [1.29, 1.82) is 0 Å². The first kappa shape index (κ1) is 22.8. The Morgan fingerprint density at radius 3 is 2.65 bits per heavy atom. The van der Waals surface area contributed by atoms with Crippen LogP contribution in [0.4, 0.5) is 0 Å². The summed E-state index contributed by atoms with van der Waals surface area (Å²) in [5.41, 5.74) is 0. The van der Waals surface area contributed by atoms with Crippen LogP contribution in [0, 0.1) is 0 Å². The number of aliphatic carboxylic acids is 1. The summed E-state index contributed by atoms with van der Waals surface area (Å²) in [6, 6.07) is 0. The third-order valence-corrected chi connectivity index (χ3v) is 4.56. The van der Waals surface area contributed by atoms with Gasteiger partial charge in [0.2, 0.25) is 0 Å². The maximum atomic E-state index is 10.4. The van der Waals surface area contributed by atoms with E-state index in [0.29, 0.717) is 25.7 Å². The molecule has 0 amide bonds. The third kappa shape index (κ3) is 9.48. The number of hydrogen-bond acceptors (Lipinski definition) is 5. The van der Waals surface area contributed by atoms with E-state index in [1.165, 1.54) is 12.2 Å². The summed E-state index contributed by atoms with van der Waals surface area (Å²) < 4.78 is 5.76. The van der Waals surface area contributed by atoms with Crippen LogP contribution in [0.25, 0.3) is 0 Å². The van der Waals surface area contributed by atoms with Crippen LogP contribution in [0.15, 0.2) is 24.3 Å². The lowest BCUT2D eigenvalue weighted by atomic mass is 10.0. The SMILES string of the molecule is CCCCC[C@H]1O[C@@H]([C@@H](O)/C=C\[C@H](O)C/C=C\CCCC(=O)O)C[C@@H]1O. The average Bonchev–Trinajstić information content (AvgIpc) is 2.97. The van der Waals surface area contributed by atoms with Gasteiger partial charge in [0.15, 0.2) is 0 Å². The first-order valence-corrected chi connectivity index (χ1v) is 9.68. The van der Waals surface area contributed by atoms with Gasteiger partial charge in [-0.25, -0.2) is 0 Å².